The average Bonchev–Trinajstić information content (AvgIpc) is 3.11. The lowest BCUT2D eigenvalue weighted by Crippen LogP contribution is -2.00. The zero-order valence-corrected chi connectivity index (χ0v) is 12.6. The van der Waals surface area contributed by atoms with Gasteiger partial charge in [0.15, 0.2) is 16.6 Å². The van der Waals surface area contributed by atoms with Crippen LogP contribution in [0.3, 0.4) is 0 Å². The summed E-state index contributed by atoms with van der Waals surface area (Å²) >= 11 is 3.00. The molecule has 6 heteroatoms. The van der Waals surface area contributed by atoms with Crippen LogP contribution in [0.5, 0.6) is 0 Å². The molecule has 0 N–H and O–H groups in total. The number of carbonyl (C=O) groups is 1. The zero-order chi connectivity index (χ0) is 13.9. The molecule has 0 aromatic carbocycles. The van der Waals surface area contributed by atoms with Gasteiger partial charge in [0.1, 0.15) is 0 Å². The summed E-state index contributed by atoms with van der Waals surface area (Å²) in [6, 6.07) is 9.67. The van der Waals surface area contributed by atoms with E-state index in [4.69, 9.17) is 0 Å². The molecule has 0 fully saturated rings. The largest absolute Gasteiger partial charge is 0.292 e. The fraction of sp³-hybridized carbons (Fsp3) is 0.214. The number of aromatic nitrogens is 3. The Hall–Kier alpha value is -1.66. The van der Waals surface area contributed by atoms with E-state index in [1.807, 2.05) is 40.9 Å². The quantitative estimate of drug-likeness (QED) is 0.536. The number of thioether (sulfide) groups is 1. The van der Waals surface area contributed by atoms with Crippen LogP contribution in [0.25, 0.3) is 5.65 Å². The molecule has 3 aromatic heterocycles. The lowest BCUT2D eigenvalue weighted by atomic mass is 10.3. The summed E-state index contributed by atoms with van der Waals surface area (Å²) in [6.45, 7) is 2.09. The molecular formula is C14H13N3OS2. The van der Waals surface area contributed by atoms with Crippen molar-refractivity contribution < 1.29 is 4.79 Å². The van der Waals surface area contributed by atoms with Gasteiger partial charge < -0.3 is 0 Å². The number of rotatable bonds is 5. The molecule has 3 rings (SSSR count). The molecule has 0 radical (unpaired) electrons. The van der Waals surface area contributed by atoms with Crippen molar-refractivity contribution >= 4 is 34.5 Å². The fourth-order valence-corrected chi connectivity index (χ4v) is 3.62. The molecular weight excluding hydrogens is 290 g/mol. The summed E-state index contributed by atoms with van der Waals surface area (Å²) in [4.78, 5) is 14.2. The van der Waals surface area contributed by atoms with E-state index in [0.717, 1.165) is 22.1 Å². The minimum atomic E-state index is 0.146. The van der Waals surface area contributed by atoms with Crippen LogP contribution in [0.4, 0.5) is 0 Å². The third kappa shape index (κ3) is 2.62. The molecule has 0 aliphatic rings. The molecule has 0 unspecified atom stereocenters. The number of aryl methyl sites for hydroxylation is 1. The summed E-state index contributed by atoms with van der Waals surface area (Å²) < 4.78 is 1.89. The lowest BCUT2D eigenvalue weighted by Gasteiger charge is -1.98. The van der Waals surface area contributed by atoms with Crippen LogP contribution in [0, 0.1) is 0 Å². The third-order valence-corrected chi connectivity index (χ3v) is 5.11. The molecule has 3 aromatic rings. The van der Waals surface area contributed by atoms with Crippen LogP contribution in [0.1, 0.15) is 21.5 Å². The SMILES string of the molecule is CCc1ccc(C(=O)CSc2nnc3ccccn23)s1. The van der Waals surface area contributed by atoms with Crippen molar-refractivity contribution in [3.8, 4) is 0 Å². The second-order valence-electron chi connectivity index (χ2n) is 4.24. The topological polar surface area (TPSA) is 47.3 Å². The van der Waals surface area contributed by atoms with Gasteiger partial charge >= 0.3 is 0 Å². The van der Waals surface area contributed by atoms with Crippen LogP contribution in [-0.2, 0) is 6.42 Å². The summed E-state index contributed by atoms with van der Waals surface area (Å²) in [7, 11) is 0. The van der Waals surface area contributed by atoms with Crippen molar-refractivity contribution in [3.05, 3.63) is 46.3 Å². The number of hydrogen-bond acceptors (Lipinski definition) is 5. The summed E-state index contributed by atoms with van der Waals surface area (Å²) in [6.07, 6.45) is 2.88. The normalized spacial score (nSPS) is 11.1. The molecule has 0 aliphatic carbocycles. The monoisotopic (exact) mass is 303 g/mol. The molecule has 0 amide bonds. The minimum absolute atomic E-state index is 0.146. The minimum Gasteiger partial charge on any atom is -0.292 e. The highest BCUT2D eigenvalue weighted by atomic mass is 32.2. The van der Waals surface area contributed by atoms with Crippen molar-refractivity contribution in [3.63, 3.8) is 0 Å². The average molecular weight is 303 g/mol. The molecule has 0 aliphatic heterocycles. The maximum absolute atomic E-state index is 12.1. The number of ketones is 1. The predicted molar refractivity (Wildman–Crippen MR) is 81.7 cm³/mol. The van der Waals surface area contributed by atoms with E-state index in [9.17, 15) is 4.79 Å². The van der Waals surface area contributed by atoms with Gasteiger partial charge in [-0.15, -0.1) is 21.5 Å². The van der Waals surface area contributed by atoms with E-state index in [0.29, 0.717) is 5.75 Å². The van der Waals surface area contributed by atoms with Crippen molar-refractivity contribution in [1.29, 1.82) is 0 Å². The number of thiophene rings is 1. The first-order valence-corrected chi connectivity index (χ1v) is 8.12. The van der Waals surface area contributed by atoms with Crippen LogP contribution in [-0.4, -0.2) is 26.1 Å². The van der Waals surface area contributed by atoms with Crippen molar-refractivity contribution in [1.82, 2.24) is 14.6 Å². The van der Waals surface area contributed by atoms with Crippen molar-refractivity contribution in [2.75, 3.05) is 5.75 Å². The van der Waals surface area contributed by atoms with Crippen LogP contribution in [0.2, 0.25) is 0 Å². The Bertz CT molecular complexity index is 748. The Kier molecular flexibility index (Phi) is 3.84. The summed E-state index contributed by atoms with van der Waals surface area (Å²) in [5.74, 6) is 0.534. The fourth-order valence-electron chi connectivity index (χ4n) is 1.84. The summed E-state index contributed by atoms with van der Waals surface area (Å²) in [5, 5.41) is 8.93. The number of Topliss-reactive ketones (excluding diaryl/α,β-unsaturated/α-hetero) is 1. The molecule has 0 atom stereocenters. The maximum atomic E-state index is 12.1. The van der Waals surface area contributed by atoms with Gasteiger partial charge in [-0.25, -0.2) is 0 Å². The van der Waals surface area contributed by atoms with Gasteiger partial charge in [0, 0.05) is 11.1 Å². The molecule has 3 heterocycles. The Balaban J connectivity index is 1.71. The third-order valence-electron chi connectivity index (χ3n) is 2.90. The first kappa shape index (κ1) is 13.3. The number of nitrogens with zero attached hydrogens (tertiary/aromatic N) is 3. The number of pyridine rings is 1. The van der Waals surface area contributed by atoms with Crippen molar-refractivity contribution in [2.45, 2.75) is 18.5 Å². The molecule has 20 heavy (non-hydrogen) atoms. The van der Waals surface area contributed by atoms with Crippen molar-refractivity contribution in [2.24, 2.45) is 0 Å². The predicted octanol–water partition coefficient (Wildman–Crippen LogP) is 3.33. The van der Waals surface area contributed by atoms with Gasteiger partial charge in [0.05, 0.1) is 10.6 Å². The first-order chi connectivity index (χ1) is 9.78. The number of hydrogen-bond donors (Lipinski definition) is 0. The molecule has 0 bridgehead atoms. The maximum Gasteiger partial charge on any atom is 0.196 e. The van der Waals surface area contributed by atoms with Gasteiger partial charge in [0.25, 0.3) is 0 Å². The molecule has 4 nitrogen and oxygen atoms in total. The van der Waals surface area contributed by atoms with Crippen LogP contribution in [0.15, 0.2) is 41.7 Å². The Morgan fingerprint density at radius 1 is 1.30 bits per heavy atom. The Morgan fingerprint density at radius 2 is 2.20 bits per heavy atom. The Labute approximate surface area is 124 Å². The van der Waals surface area contributed by atoms with Gasteiger partial charge in [-0.2, -0.15) is 0 Å². The molecule has 102 valence electrons. The highest BCUT2D eigenvalue weighted by Gasteiger charge is 2.12. The molecule has 0 saturated heterocycles. The molecule has 0 saturated carbocycles. The van der Waals surface area contributed by atoms with Gasteiger partial charge in [-0.1, -0.05) is 24.8 Å². The Morgan fingerprint density at radius 3 is 3.00 bits per heavy atom. The van der Waals surface area contributed by atoms with Gasteiger partial charge in [-0.3, -0.25) is 9.20 Å². The number of carbonyl (C=O) groups excluding carboxylic acids is 1. The van der Waals surface area contributed by atoms with E-state index in [2.05, 4.69) is 17.1 Å². The summed E-state index contributed by atoms with van der Waals surface area (Å²) in [5.41, 5.74) is 0.798. The zero-order valence-electron chi connectivity index (χ0n) is 10.9. The van der Waals surface area contributed by atoms with Crippen LogP contribution < -0.4 is 0 Å². The van der Waals surface area contributed by atoms with E-state index in [1.54, 1.807) is 11.3 Å². The molecule has 0 spiro atoms. The van der Waals surface area contributed by atoms with Gasteiger partial charge in [0.2, 0.25) is 0 Å². The van der Waals surface area contributed by atoms with E-state index >= 15 is 0 Å². The van der Waals surface area contributed by atoms with E-state index in [-0.39, 0.29) is 5.78 Å². The van der Waals surface area contributed by atoms with Crippen LogP contribution >= 0.6 is 23.1 Å². The highest BCUT2D eigenvalue weighted by Crippen LogP contribution is 2.22. The standard InChI is InChI=1S/C14H13N3OS2/c1-2-10-6-7-12(20-10)11(18)9-19-14-16-15-13-5-3-4-8-17(13)14/h3-8H,2,9H2,1H3. The smallest absolute Gasteiger partial charge is 0.196 e. The van der Waals surface area contributed by atoms with Gasteiger partial charge in [-0.05, 0) is 30.7 Å². The second kappa shape index (κ2) is 5.76. The number of fused-ring (bicyclic) bond motifs is 1. The lowest BCUT2D eigenvalue weighted by molar-refractivity contribution is 0.102. The van der Waals surface area contributed by atoms with E-state index in [1.165, 1.54) is 16.6 Å². The highest BCUT2D eigenvalue weighted by molar-refractivity contribution is 7.99. The first-order valence-electron chi connectivity index (χ1n) is 6.32. The second-order valence-corrected chi connectivity index (χ2v) is 6.35. The van der Waals surface area contributed by atoms with E-state index < -0.39 is 0 Å².